The summed E-state index contributed by atoms with van der Waals surface area (Å²) < 4.78 is 5.48. The first kappa shape index (κ1) is 23.5. The van der Waals surface area contributed by atoms with Crippen molar-refractivity contribution in [3.8, 4) is 5.75 Å². The summed E-state index contributed by atoms with van der Waals surface area (Å²) in [5.74, 6) is 2.31. The quantitative estimate of drug-likeness (QED) is 0.255. The third-order valence-electron chi connectivity index (χ3n) is 4.44. The van der Waals surface area contributed by atoms with Crippen molar-refractivity contribution >= 4 is 41.5 Å². The SMILES string of the molecule is CN=C(NCCCN1C(=O)COc2ccccc21)NC(C)CCC(C)C.I. The van der Waals surface area contributed by atoms with Gasteiger partial charge >= 0.3 is 0 Å². The highest BCUT2D eigenvalue weighted by Crippen LogP contribution is 2.31. The topological polar surface area (TPSA) is 66.0 Å². The maximum absolute atomic E-state index is 12.2. The molecule has 1 amide bonds. The Labute approximate surface area is 180 Å². The number of guanidine groups is 1. The number of benzene rings is 1. The first-order chi connectivity index (χ1) is 12.5. The van der Waals surface area contributed by atoms with Crippen molar-refractivity contribution in [2.75, 3.05) is 31.6 Å². The number of nitrogens with zero attached hydrogens (tertiary/aromatic N) is 2. The van der Waals surface area contributed by atoms with E-state index in [2.05, 4.69) is 36.4 Å². The van der Waals surface area contributed by atoms with E-state index in [-0.39, 0.29) is 36.5 Å². The van der Waals surface area contributed by atoms with Gasteiger partial charge < -0.3 is 20.3 Å². The van der Waals surface area contributed by atoms with Gasteiger partial charge in [0.2, 0.25) is 0 Å². The van der Waals surface area contributed by atoms with Crippen LogP contribution in [-0.2, 0) is 4.79 Å². The average molecular weight is 488 g/mol. The molecular formula is C20H33IN4O2. The van der Waals surface area contributed by atoms with Crippen molar-refractivity contribution in [2.24, 2.45) is 10.9 Å². The van der Waals surface area contributed by atoms with Crippen LogP contribution in [0.5, 0.6) is 5.75 Å². The standard InChI is InChI=1S/C20H32N4O2.HI/c1-15(2)10-11-16(3)23-20(21-4)22-12-7-13-24-17-8-5-6-9-18(17)26-14-19(24)25;/h5-6,8-9,15-16H,7,10-14H2,1-4H3,(H2,21,22,23);1H. The van der Waals surface area contributed by atoms with Crippen molar-refractivity contribution in [1.82, 2.24) is 10.6 Å². The lowest BCUT2D eigenvalue weighted by atomic mass is 10.0. The van der Waals surface area contributed by atoms with Crippen LogP contribution in [0.1, 0.15) is 40.0 Å². The second kappa shape index (κ2) is 12.0. The fraction of sp³-hybridized carbons (Fsp3) is 0.600. The number of hydrogen-bond acceptors (Lipinski definition) is 3. The maximum Gasteiger partial charge on any atom is 0.265 e. The van der Waals surface area contributed by atoms with Crippen LogP contribution in [0.25, 0.3) is 0 Å². The average Bonchev–Trinajstić information content (AvgIpc) is 2.63. The molecule has 0 saturated heterocycles. The van der Waals surface area contributed by atoms with Gasteiger partial charge in [0.25, 0.3) is 5.91 Å². The molecule has 1 aliphatic rings. The molecule has 0 saturated carbocycles. The van der Waals surface area contributed by atoms with Crippen LogP contribution < -0.4 is 20.3 Å². The molecule has 27 heavy (non-hydrogen) atoms. The number of rotatable bonds is 8. The largest absolute Gasteiger partial charge is 0.482 e. The molecule has 1 heterocycles. The Morgan fingerprint density at radius 2 is 2.00 bits per heavy atom. The van der Waals surface area contributed by atoms with Gasteiger partial charge in [-0.05, 0) is 44.2 Å². The molecule has 2 N–H and O–H groups in total. The zero-order valence-electron chi connectivity index (χ0n) is 16.8. The Balaban J connectivity index is 0.00000364. The Bertz CT molecular complexity index is 622. The lowest BCUT2D eigenvalue weighted by Gasteiger charge is -2.29. The van der Waals surface area contributed by atoms with E-state index in [1.54, 1.807) is 7.05 Å². The van der Waals surface area contributed by atoms with E-state index in [4.69, 9.17) is 4.74 Å². The van der Waals surface area contributed by atoms with Gasteiger partial charge in [0.1, 0.15) is 5.75 Å². The second-order valence-corrected chi connectivity index (χ2v) is 7.17. The van der Waals surface area contributed by atoms with Gasteiger partial charge in [0.15, 0.2) is 12.6 Å². The molecule has 0 spiro atoms. The van der Waals surface area contributed by atoms with E-state index in [1.165, 1.54) is 6.42 Å². The number of carbonyl (C=O) groups is 1. The van der Waals surface area contributed by atoms with Crippen LogP contribution in [0, 0.1) is 5.92 Å². The maximum atomic E-state index is 12.2. The van der Waals surface area contributed by atoms with Gasteiger partial charge in [0.05, 0.1) is 5.69 Å². The molecule has 0 aromatic heterocycles. The van der Waals surface area contributed by atoms with Crippen LogP contribution >= 0.6 is 24.0 Å². The number of aliphatic imine (C=N–C) groups is 1. The number of para-hydroxylation sites is 2. The Morgan fingerprint density at radius 1 is 1.26 bits per heavy atom. The van der Waals surface area contributed by atoms with Gasteiger partial charge in [0, 0.05) is 26.2 Å². The van der Waals surface area contributed by atoms with E-state index in [9.17, 15) is 4.79 Å². The molecule has 1 atom stereocenters. The second-order valence-electron chi connectivity index (χ2n) is 7.17. The van der Waals surface area contributed by atoms with Crippen molar-refractivity contribution in [2.45, 2.75) is 46.1 Å². The summed E-state index contributed by atoms with van der Waals surface area (Å²) in [7, 11) is 1.78. The molecule has 1 aromatic carbocycles. The van der Waals surface area contributed by atoms with Gasteiger partial charge in [-0.2, -0.15) is 0 Å². The highest BCUT2D eigenvalue weighted by molar-refractivity contribution is 14.0. The summed E-state index contributed by atoms with van der Waals surface area (Å²) in [5, 5.41) is 6.76. The minimum Gasteiger partial charge on any atom is -0.482 e. The number of amides is 1. The summed E-state index contributed by atoms with van der Waals surface area (Å²) in [6.07, 6.45) is 3.16. The smallest absolute Gasteiger partial charge is 0.265 e. The number of carbonyl (C=O) groups excluding carboxylic acids is 1. The molecule has 1 aliphatic heterocycles. The fourth-order valence-corrected chi connectivity index (χ4v) is 2.93. The van der Waals surface area contributed by atoms with E-state index in [0.717, 1.165) is 36.8 Å². The molecule has 2 rings (SSSR count). The predicted molar refractivity (Wildman–Crippen MR) is 122 cm³/mol. The van der Waals surface area contributed by atoms with E-state index in [0.29, 0.717) is 18.5 Å². The summed E-state index contributed by atoms with van der Waals surface area (Å²) in [6, 6.07) is 8.06. The highest BCUT2D eigenvalue weighted by Gasteiger charge is 2.24. The fourth-order valence-electron chi connectivity index (χ4n) is 2.93. The molecule has 6 nitrogen and oxygen atoms in total. The van der Waals surface area contributed by atoms with E-state index < -0.39 is 0 Å². The first-order valence-electron chi connectivity index (χ1n) is 9.50. The first-order valence-corrected chi connectivity index (χ1v) is 9.50. The van der Waals surface area contributed by atoms with Crippen molar-refractivity contribution < 1.29 is 9.53 Å². The molecule has 0 aliphatic carbocycles. The molecule has 0 fully saturated rings. The highest BCUT2D eigenvalue weighted by atomic mass is 127. The number of halogens is 1. The zero-order chi connectivity index (χ0) is 18.9. The summed E-state index contributed by atoms with van der Waals surface area (Å²) in [5.41, 5.74) is 0.855. The number of nitrogens with one attached hydrogen (secondary N) is 2. The Kier molecular flexibility index (Phi) is 10.5. The molecule has 1 unspecified atom stereocenters. The van der Waals surface area contributed by atoms with E-state index >= 15 is 0 Å². The summed E-state index contributed by atoms with van der Waals surface area (Å²) >= 11 is 0. The Morgan fingerprint density at radius 3 is 2.70 bits per heavy atom. The number of anilines is 1. The minimum absolute atomic E-state index is 0. The van der Waals surface area contributed by atoms with Gasteiger partial charge in [-0.1, -0.05) is 26.0 Å². The molecular weight excluding hydrogens is 455 g/mol. The minimum atomic E-state index is 0. The van der Waals surface area contributed by atoms with Crippen LogP contribution in [0.3, 0.4) is 0 Å². The van der Waals surface area contributed by atoms with Gasteiger partial charge in [-0.25, -0.2) is 0 Å². The van der Waals surface area contributed by atoms with Crippen LogP contribution in [0.4, 0.5) is 5.69 Å². The zero-order valence-corrected chi connectivity index (χ0v) is 19.2. The normalized spacial score (nSPS) is 14.9. The number of fused-ring (bicyclic) bond motifs is 1. The van der Waals surface area contributed by atoms with E-state index in [1.807, 2.05) is 29.2 Å². The monoisotopic (exact) mass is 488 g/mol. The molecule has 152 valence electrons. The summed E-state index contributed by atoms with van der Waals surface area (Å²) in [4.78, 5) is 18.2. The third kappa shape index (κ3) is 7.56. The molecule has 0 radical (unpaired) electrons. The van der Waals surface area contributed by atoms with Gasteiger partial charge in [-0.3, -0.25) is 9.79 Å². The number of ether oxygens (including phenoxy) is 1. The Hall–Kier alpha value is -1.51. The van der Waals surface area contributed by atoms with Crippen LogP contribution in [0.15, 0.2) is 29.3 Å². The van der Waals surface area contributed by atoms with Crippen molar-refractivity contribution in [1.29, 1.82) is 0 Å². The van der Waals surface area contributed by atoms with Crippen LogP contribution in [0.2, 0.25) is 0 Å². The third-order valence-corrected chi connectivity index (χ3v) is 4.44. The van der Waals surface area contributed by atoms with Crippen molar-refractivity contribution in [3.05, 3.63) is 24.3 Å². The lowest BCUT2D eigenvalue weighted by molar-refractivity contribution is -0.121. The van der Waals surface area contributed by atoms with Crippen LogP contribution in [-0.4, -0.2) is 44.7 Å². The molecule has 7 heteroatoms. The lowest BCUT2D eigenvalue weighted by Crippen LogP contribution is -2.44. The van der Waals surface area contributed by atoms with Crippen molar-refractivity contribution in [3.63, 3.8) is 0 Å². The molecule has 1 aromatic rings. The number of hydrogen-bond donors (Lipinski definition) is 2. The predicted octanol–water partition coefficient (Wildman–Crippen LogP) is 3.41. The molecule has 0 bridgehead atoms. The summed E-state index contributed by atoms with van der Waals surface area (Å²) in [6.45, 7) is 8.19. The van der Waals surface area contributed by atoms with Gasteiger partial charge in [-0.15, -0.1) is 24.0 Å².